The molecule has 1 atom stereocenters. The third kappa shape index (κ3) is 4.28. The summed E-state index contributed by atoms with van der Waals surface area (Å²) in [6, 6.07) is 25.6. The molecule has 1 unspecified atom stereocenters. The second-order valence-corrected chi connectivity index (χ2v) is 6.00. The van der Waals surface area contributed by atoms with Gasteiger partial charge in [0.25, 0.3) is 0 Å². The van der Waals surface area contributed by atoms with E-state index in [4.69, 9.17) is 4.74 Å². The number of fused-ring (bicyclic) bond motifs is 1. The van der Waals surface area contributed by atoms with Gasteiger partial charge < -0.3 is 22.0 Å². The van der Waals surface area contributed by atoms with E-state index in [0.717, 1.165) is 12.2 Å². The Kier molecular flexibility index (Phi) is 6.65. The van der Waals surface area contributed by atoms with E-state index in [2.05, 4.69) is 91.8 Å². The van der Waals surface area contributed by atoms with Crippen LogP contribution in [0.15, 0.2) is 72.8 Å². The Morgan fingerprint density at radius 1 is 0.833 bits per heavy atom. The summed E-state index contributed by atoms with van der Waals surface area (Å²) in [7, 11) is 4.24. The molecule has 0 amide bonds. The van der Waals surface area contributed by atoms with Crippen LogP contribution in [0.5, 0.6) is 5.75 Å². The Hall–Kier alpha value is -2.03. The molecule has 0 bridgehead atoms. The average Bonchev–Trinajstić information content (AvgIpc) is 2.59. The molecule has 0 aliphatic rings. The van der Waals surface area contributed by atoms with Gasteiger partial charge in [-0.25, -0.2) is 0 Å². The van der Waals surface area contributed by atoms with Crippen LogP contribution in [0.3, 0.4) is 0 Å². The summed E-state index contributed by atoms with van der Waals surface area (Å²) >= 11 is 0. The first-order valence-corrected chi connectivity index (χ1v) is 8.07. The summed E-state index contributed by atoms with van der Waals surface area (Å²) < 4.78 is 6.09. The molecule has 3 rings (SSSR count). The average molecular weight is 341 g/mol. The van der Waals surface area contributed by atoms with E-state index in [9.17, 15) is 0 Å². The predicted octanol–water partition coefficient (Wildman–Crippen LogP) is 1.92. The van der Waals surface area contributed by atoms with Gasteiger partial charge in [-0.2, -0.15) is 0 Å². The summed E-state index contributed by atoms with van der Waals surface area (Å²) in [6.07, 6.45) is 0.959. The molecule has 0 aliphatic carbocycles. The van der Waals surface area contributed by atoms with Crippen molar-refractivity contribution in [3.05, 3.63) is 78.4 Å². The van der Waals surface area contributed by atoms with Crippen LogP contribution in [-0.2, 0) is 0 Å². The standard InChI is InChI=1S/C21H23NO.ClH/c1-22(2)20(18-10-4-3-5-11-18)15-16-23-21-14-8-12-17-9-6-7-13-19(17)21;/h3-14,20H,15-16H2,1-2H3;1H/p-1. The van der Waals surface area contributed by atoms with Gasteiger partial charge in [-0.3, -0.25) is 0 Å². The molecule has 0 aromatic heterocycles. The third-order valence-electron chi connectivity index (χ3n) is 4.21. The van der Waals surface area contributed by atoms with Crippen LogP contribution in [0.25, 0.3) is 10.8 Å². The monoisotopic (exact) mass is 340 g/mol. The summed E-state index contributed by atoms with van der Waals surface area (Å²) in [6.45, 7) is 0.700. The Bertz CT molecular complexity index is 753. The zero-order valence-corrected chi connectivity index (χ0v) is 14.9. The van der Waals surface area contributed by atoms with Crippen molar-refractivity contribution >= 4 is 10.8 Å². The van der Waals surface area contributed by atoms with E-state index in [1.807, 2.05) is 0 Å². The first-order chi connectivity index (χ1) is 11.3. The number of ether oxygens (including phenoxy) is 1. The summed E-state index contributed by atoms with van der Waals surface area (Å²) in [4.78, 5) is 2.25. The fraction of sp³-hybridized carbons (Fsp3) is 0.238. The van der Waals surface area contributed by atoms with Gasteiger partial charge in [0, 0.05) is 17.8 Å². The molecule has 0 fully saturated rings. The van der Waals surface area contributed by atoms with Crippen LogP contribution in [-0.4, -0.2) is 25.6 Å². The normalized spacial score (nSPS) is 12.0. The first kappa shape index (κ1) is 18.3. The second-order valence-electron chi connectivity index (χ2n) is 6.00. The lowest BCUT2D eigenvalue weighted by Gasteiger charge is -2.25. The van der Waals surface area contributed by atoms with Gasteiger partial charge >= 0.3 is 0 Å². The molecule has 0 N–H and O–H groups in total. The van der Waals surface area contributed by atoms with Crippen molar-refractivity contribution in [1.29, 1.82) is 0 Å². The number of nitrogens with zero attached hydrogens (tertiary/aromatic N) is 1. The highest BCUT2D eigenvalue weighted by molar-refractivity contribution is 5.88. The van der Waals surface area contributed by atoms with Crippen LogP contribution in [0.1, 0.15) is 18.0 Å². The van der Waals surface area contributed by atoms with Gasteiger partial charge in [-0.05, 0) is 31.1 Å². The minimum absolute atomic E-state index is 0. The zero-order valence-electron chi connectivity index (χ0n) is 14.2. The van der Waals surface area contributed by atoms with E-state index < -0.39 is 0 Å². The lowest BCUT2D eigenvalue weighted by Crippen LogP contribution is -3.00. The summed E-state index contributed by atoms with van der Waals surface area (Å²) in [5.41, 5.74) is 1.33. The molecular formula is C21H23ClNO-. The fourth-order valence-corrected chi connectivity index (χ4v) is 3.00. The maximum atomic E-state index is 6.09. The molecule has 2 nitrogen and oxygen atoms in total. The van der Waals surface area contributed by atoms with Crippen molar-refractivity contribution in [3.63, 3.8) is 0 Å². The Labute approximate surface area is 150 Å². The van der Waals surface area contributed by atoms with E-state index in [0.29, 0.717) is 12.6 Å². The number of halogens is 1. The van der Waals surface area contributed by atoms with Gasteiger partial charge in [0.1, 0.15) is 5.75 Å². The topological polar surface area (TPSA) is 12.5 Å². The fourth-order valence-electron chi connectivity index (χ4n) is 3.00. The van der Waals surface area contributed by atoms with Crippen LogP contribution >= 0.6 is 0 Å². The predicted molar refractivity (Wildman–Crippen MR) is 96.9 cm³/mol. The molecule has 0 radical (unpaired) electrons. The highest BCUT2D eigenvalue weighted by Crippen LogP contribution is 2.27. The van der Waals surface area contributed by atoms with Gasteiger partial charge in [-0.15, -0.1) is 0 Å². The van der Waals surface area contributed by atoms with Crippen molar-refractivity contribution < 1.29 is 17.1 Å². The van der Waals surface area contributed by atoms with E-state index >= 15 is 0 Å². The largest absolute Gasteiger partial charge is 1.00 e. The second kappa shape index (κ2) is 8.72. The Morgan fingerprint density at radius 3 is 2.25 bits per heavy atom. The molecular weight excluding hydrogens is 318 g/mol. The quantitative estimate of drug-likeness (QED) is 0.680. The van der Waals surface area contributed by atoms with Gasteiger partial charge in [0.05, 0.1) is 6.61 Å². The molecule has 24 heavy (non-hydrogen) atoms. The molecule has 0 saturated heterocycles. The number of benzene rings is 3. The lowest BCUT2D eigenvalue weighted by atomic mass is 10.0. The van der Waals surface area contributed by atoms with Crippen molar-refractivity contribution in [2.45, 2.75) is 12.5 Å². The molecule has 0 aliphatic heterocycles. The van der Waals surface area contributed by atoms with Crippen LogP contribution in [0.2, 0.25) is 0 Å². The van der Waals surface area contributed by atoms with Crippen molar-refractivity contribution in [3.8, 4) is 5.75 Å². The molecule has 3 aromatic carbocycles. The van der Waals surface area contributed by atoms with Crippen molar-refractivity contribution in [1.82, 2.24) is 4.90 Å². The molecule has 0 heterocycles. The number of hydrogen-bond donors (Lipinski definition) is 0. The summed E-state index contributed by atoms with van der Waals surface area (Å²) in [5.74, 6) is 0.966. The first-order valence-electron chi connectivity index (χ1n) is 8.07. The van der Waals surface area contributed by atoms with Crippen LogP contribution < -0.4 is 17.1 Å². The van der Waals surface area contributed by atoms with Crippen LogP contribution in [0.4, 0.5) is 0 Å². The highest BCUT2D eigenvalue weighted by Gasteiger charge is 2.14. The summed E-state index contributed by atoms with van der Waals surface area (Å²) in [5, 5.41) is 2.40. The molecule has 0 saturated carbocycles. The minimum Gasteiger partial charge on any atom is -1.00 e. The zero-order chi connectivity index (χ0) is 16.1. The van der Waals surface area contributed by atoms with Gasteiger partial charge in [0.15, 0.2) is 0 Å². The molecule has 3 aromatic rings. The van der Waals surface area contributed by atoms with Crippen LogP contribution in [0, 0.1) is 0 Å². The van der Waals surface area contributed by atoms with E-state index in [1.165, 1.54) is 16.3 Å². The van der Waals surface area contributed by atoms with Gasteiger partial charge in [0.2, 0.25) is 0 Å². The maximum absolute atomic E-state index is 6.09. The van der Waals surface area contributed by atoms with E-state index in [1.54, 1.807) is 0 Å². The van der Waals surface area contributed by atoms with Gasteiger partial charge in [-0.1, -0.05) is 66.7 Å². The van der Waals surface area contributed by atoms with E-state index in [-0.39, 0.29) is 12.4 Å². The lowest BCUT2D eigenvalue weighted by molar-refractivity contribution is -0.00000508. The SMILES string of the molecule is CN(C)C(CCOc1cccc2ccccc12)c1ccccc1.[Cl-]. The maximum Gasteiger partial charge on any atom is 0.127 e. The van der Waals surface area contributed by atoms with Crippen molar-refractivity contribution in [2.24, 2.45) is 0 Å². The molecule has 3 heteroatoms. The Balaban J connectivity index is 0.00000208. The Morgan fingerprint density at radius 2 is 1.50 bits per heavy atom. The molecule has 126 valence electrons. The smallest absolute Gasteiger partial charge is 0.127 e. The highest BCUT2D eigenvalue weighted by atomic mass is 35.5. The van der Waals surface area contributed by atoms with Crippen molar-refractivity contribution in [2.75, 3.05) is 20.7 Å². The number of rotatable bonds is 6. The number of hydrogen-bond acceptors (Lipinski definition) is 2. The minimum atomic E-state index is 0. The molecule has 0 spiro atoms. The third-order valence-corrected chi connectivity index (χ3v) is 4.21.